The molecule has 3 aliphatic rings. The van der Waals surface area contributed by atoms with Gasteiger partial charge in [0.05, 0.1) is 25.2 Å². The predicted molar refractivity (Wildman–Crippen MR) is 121 cm³/mol. The number of hydrogen-bond donors (Lipinski definition) is 3. The number of aromatic nitrogens is 4. The van der Waals surface area contributed by atoms with Gasteiger partial charge < -0.3 is 15.4 Å². The zero-order valence-electron chi connectivity index (χ0n) is 17.2. The van der Waals surface area contributed by atoms with E-state index in [1.165, 1.54) is 24.8 Å². The van der Waals surface area contributed by atoms with E-state index >= 15 is 0 Å². The third-order valence-corrected chi connectivity index (χ3v) is 6.84. The molecule has 0 aromatic carbocycles. The van der Waals surface area contributed by atoms with Gasteiger partial charge in [-0.2, -0.15) is 10.1 Å². The van der Waals surface area contributed by atoms with Crippen molar-refractivity contribution in [1.29, 1.82) is 0 Å². The van der Waals surface area contributed by atoms with Crippen molar-refractivity contribution in [3.05, 3.63) is 18.0 Å². The second kappa shape index (κ2) is 8.91. The number of nitrogens with one attached hydrogen (secondary N) is 3. The zero-order valence-corrected chi connectivity index (χ0v) is 18.0. The highest BCUT2D eigenvalue weighted by atomic mass is 32.2. The number of nitrogens with zero attached hydrogens (tertiary/aromatic N) is 5. The van der Waals surface area contributed by atoms with E-state index in [2.05, 4.69) is 35.1 Å². The van der Waals surface area contributed by atoms with E-state index < -0.39 is 0 Å². The number of aromatic amines is 1. The predicted octanol–water partition coefficient (Wildman–Crippen LogP) is 2.83. The number of H-pyrrole nitrogens is 1. The highest BCUT2D eigenvalue weighted by Gasteiger charge is 2.27. The first-order valence-corrected chi connectivity index (χ1v) is 11.6. The first-order chi connectivity index (χ1) is 14.7. The molecule has 1 saturated heterocycles. The first kappa shape index (κ1) is 19.8. The van der Waals surface area contributed by atoms with E-state index in [-0.39, 0.29) is 0 Å². The Morgan fingerprint density at radius 1 is 1.17 bits per heavy atom. The number of morpholine rings is 1. The Hall–Kier alpha value is -2.17. The minimum atomic E-state index is 0.412. The van der Waals surface area contributed by atoms with Crippen LogP contribution in [-0.4, -0.2) is 74.9 Å². The minimum Gasteiger partial charge on any atom is -0.379 e. The molecule has 0 unspecified atom stereocenters. The molecule has 2 aromatic rings. The van der Waals surface area contributed by atoms with Gasteiger partial charge in [-0.1, -0.05) is 0 Å². The Bertz CT molecular complexity index is 943. The molecule has 5 rings (SSSR count). The van der Waals surface area contributed by atoms with Crippen LogP contribution in [0.3, 0.4) is 0 Å². The smallest absolute Gasteiger partial charge is 0.229 e. The van der Waals surface area contributed by atoms with Crippen LogP contribution >= 0.6 is 11.9 Å². The number of hydrogen-bond acceptors (Lipinski definition) is 9. The molecule has 3 N–H and O–H groups in total. The molecule has 2 aliphatic heterocycles. The van der Waals surface area contributed by atoms with E-state index in [1.54, 1.807) is 6.20 Å². The molecule has 4 heterocycles. The molecule has 0 amide bonds. The highest BCUT2D eigenvalue weighted by molar-refractivity contribution is 7.98. The number of anilines is 2. The molecule has 2 fully saturated rings. The molecule has 30 heavy (non-hydrogen) atoms. The summed E-state index contributed by atoms with van der Waals surface area (Å²) in [4.78, 5) is 12.0. The SMILES string of the molecule is CC1=NSCC(Nc2nc(N[C@H]3CC[C@H](N4CCOCC4)CC3)c3[nH]ncc3n2)=C1. The largest absolute Gasteiger partial charge is 0.379 e. The average Bonchev–Trinajstić information content (AvgIpc) is 3.24. The zero-order chi connectivity index (χ0) is 20.3. The summed E-state index contributed by atoms with van der Waals surface area (Å²) >= 11 is 1.54. The van der Waals surface area contributed by atoms with Gasteiger partial charge in [-0.15, -0.1) is 0 Å². The standard InChI is InChI=1S/C20H28N8OS/c1-13-10-15(12-30-27-13)23-20-24-17-11-21-26-18(17)19(25-20)22-14-2-4-16(5-3-14)28-6-8-29-9-7-28/h10-11,14,16H,2-9,12H2,1H3,(H,21,26)(H2,22,23,24,25)/t14-,16-. The summed E-state index contributed by atoms with van der Waals surface area (Å²) in [7, 11) is 0. The summed E-state index contributed by atoms with van der Waals surface area (Å²) in [6, 6.07) is 1.10. The van der Waals surface area contributed by atoms with E-state index in [9.17, 15) is 0 Å². The normalized spacial score (nSPS) is 25.6. The Kier molecular flexibility index (Phi) is 5.87. The molecule has 10 heteroatoms. The molecule has 9 nitrogen and oxygen atoms in total. The lowest BCUT2D eigenvalue weighted by Gasteiger charge is -2.39. The van der Waals surface area contributed by atoms with Crippen LogP contribution in [0.25, 0.3) is 11.0 Å². The summed E-state index contributed by atoms with van der Waals surface area (Å²) < 4.78 is 9.84. The van der Waals surface area contributed by atoms with Crippen molar-refractivity contribution in [2.75, 3.05) is 42.7 Å². The van der Waals surface area contributed by atoms with Crippen molar-refractivity contribution in [2.24, 2.45) is 4.40 Å². The third-order valence-electron chi connectivity index (χ3n) is 5.98. The maximum atomic E-state index is 5.50. The lowest BCUT2D eigenvalue weighted by Crippen LogP contribution is -2.46. The van der Waals surface area contributed by atoms with Gasteiger partial charge >= 0.3 is 0 Å². The Morgan fingerprint density at radius 2 is 2.00 bits per heavy atom. The van der Waals surface area contributed by atoms with Gasteiger partial charge in [-0.25, -0.2) is 9.38 Å². The van der Waals surface area contributed by atoms with Crippen LogP contribution in [0.5, 0.6) is 0 Å². The summed E-state index contributed by atoms with van der Waals surface area (Å²) in [6.07, 6.45) is 8.49. The van der Waals surface area contributed by atoms with Crippen LogP contribution in [0, 0.1) is 0 Å². The molecule has 0 bridgehead atoms. The van der Waals surface area contributed by atoms with E-state index in [1.807, 2.05) is 13.0 Å². The monoisotopic (exact) mass is 428 g/mol. The van der Waals surface area contributed by atoms with Crippen molar-refractivity contribution in [3.8, 4) is 0 Å². The van der Waals surface area contributed by atoms with Crippen molar-refractivity contribution >= 4 is 40.5 Å². The molecule has 1 saturated carbocycles. The second-order valence-electron chi connectivity index (χ2n) is 8.12. The molecule has 1 aliphatic carbocycles. The topological polar surface area (TPSA) is 103 Å². The van der Waals surface area contributed by atoms with E-state index in [0.29, 0.717) is 18.0 Å². The molecular weight excluding hydrogens is 400 g/mol. The fourth-order valence-corrected chi connectivity index (χ4v) is 5.08. The second-order valence-corrected chi connectivity index (χ2v) is 8.85. The molecular formula is C20H28N8OS. The maximum absolute atomic E-state index is 5.50. The average molecular weight is 429 g/mol. The maximum Gasteiger partial charge on any atom is 0.229 e. The fourth-order valence-electron chi connectivity index (χ4n) is 4.46. The van der Waals surface area contributed by atoms with Gasteiger partial charge in [0.15, 0.2) is 5.82 Å². The lowest BCUT2D eigenvalue weighted by atomic mass is 9.90. The Balaban J connectivity index is 1.27. The van der Waals surface area contributed by atoms with Gasteiger partial charge in [0.2, 0.25) is 5.95 Å². The van der Waals surface area contributed by atoms with E-state index in [4.69, 9.17) is 9.72 Å². The number of rotatable bonds is 5. The van der Waals surface area contributed by atoms with Gasteiger partial charge in [0.1, 0.15) is 11.0 Å². The third kappa shape index (κ3) is 4.45. The van der Waals surface area contributed by atoms with Crippen molar-refractivity contribution in [1.82, 2.24) is 25.1 Å². The summed E-state index contributed by atoms with van der Waals surface area (Å²) in [5.74, 6) is 2.21. The Labute approximate surface area is 180 Å². The van der Waals surface area contributed by atoms with Gasteiger partial charge in [0.25, 0.3) is 0 Å². The number of allylic oxidation sites excluding steroid dienone is 1. The van der Waals surface area contributed by atoms with Crippen molar-refractivity contribution < 1.29 is 4.74 Å². The minimum absolute atomic E-state index is 0.412. The number of fused-ring (bicyclic) bond motifs is 1. The van der Waals surface area contributed by atoms with Crippen LogP contribution in [0.2, 0.25) is 0 Å². The van der Waals surface area contributed by atoms with Crippen LogP contribution in [-0.2, 0) is 4.74 Å². The molecule has 160 valence electrons. The highest BCUT2D eigenvalue weighted by Crippen LogP contribution is 2.28. The molecule has 0 spiro atoms. The lowest BCUT2D eigenvalue weighted by molar-refractivity contribution is 0.00791. The fraction of sp³-hybridized carbons (Fsp3) is 0.600. The quantitative estimate of drug-likeness (QED) is 0.625. The summed E-state index contributed by atoms with van der Waals surface area (Å²) in [5.41, 5.74) is 3.73. The summed E-state index contributed by atoms with van der Waals surface area (Å²) in [6.45, 7) is 5.86. The van der Waals surface area contributed by atoms with Crippen molar-refractivity contribution in [3.63, 3.8) is 0 Å². The van der Waals surface area contributed by atoms with E-state index in [0.717, 1.165) is 73.2 Å². The van der Waals surface area contributed by atoms with Crippen LogP contribution < -0.4 is 10.6 Å². The molecule has 0 atom stereocenters. The summed E-state index contributed by atoms with van der Waals surface area (Å²) in [5, 5.41) is 14.3. The number of ether oxygens (including phenoxy) is 1. The molecule has 2 aromatic heterocycles. The van der Waals surface area contributed by atoms with Gasteiger partial charge in [0, 0.05) is 36.6 Å². The van der Waals surface area contributed by atoms with Crippen LogP contribution in [0.4, 0.5) is 11.8 Å². The first-order valence-electron chi connectivity index (χ1n) is 10.7. The van der Waals surface area contributed by atoms with Crippen LogP contribution in [0.1, 0.15) is 32.6 Å². The van der Waals surface area contributed by atoms with Gasteiger partial charge in [-0.3, -0.25) is 10.00 Å². The molecule has 0 radical (unpaired) electrons. The van der Waals surface area contributed by atoms with Gasteiger partial charge in [-0.05, 0) is 50.6 Å². The van der Waals surface area contributed by atoms with Crippen molar-refractivity contribution in [2.45, 2.75) is 44.7 Å². The Morgan fingerprint density at radius 3 is 2.80 bits per heavy atom. The van der Waals surface area contributed by atoms with Crippen LogP contribution in [0.15, 0.2) is 22.4 Å².